The minimum absolute atomic E-state index is 0. The summed E-state index contributed by atoms with van der Waals surface area (Å²) in [6.45, 7) is 5.49. The molecular weight excluding hydrogens is 403 g/mol. The summed E-state index contributed by atoms with van der Waals surface area (Å²) in [5.74, 6) is 0.988. The summed E-state index contributed by atoms with van der Waals surface area (Å²) in [4.78, 5) is 20.4. The zero-order chi connectivity index (χ0) is 16.0. The van der Waals surface area contributed by atoms with E-state index in [9.17, 15) is 4.79 Å². The highest BCUT2D eigenvalue weighted by Crippen LogP contribution is 2.43. The molecule has 0 bridgehead atoms. The molecule has 134 valence electrons. The second kappa shape index (κ2) is 9.69. The number of hydrogen-bond acceptors (Lipinski definition) is 2. The molecule has 5 nitrogen and oxygen atoms in total. The number of carbonyl (C=O) groups excluding carboxylic acids is 1. The average molecular weight is 436 g/mol. The molecule has 1 N–H and O–H groups in total. The molecule has 0 aromatic rings. The van der Waals surface area contributed by atoms with Gasteiger partial charge in [-0.25, -0.2) is 4.99 Å². The fourth-order valence-electron chi connectivity index (χ4n) is 3.61. The number of amides is 1. The summed E-state index contributed by atoms with van der Waals surface area (Å²) in [5.41, 5.74) is 0.512. The standard InChI is InChI=1S/C17H32N4O.HI/c1-4-11-18-16(19-13-15(22)20(2)3)21-12-10-17(14-21)8-6-5-7-9-17;/h4-14H2,1-3H3,(H,18,19);1H. The van der Waals surface area contributed by atoms with Gasteiger partial charge < -0.3 is 15.1 Å². The lowest BCUT2D eigenvalue weighted by Gasteiger charge is -2.33. The third-order valence-electron chi connectivity index (χ3n) is 5.05. The maximum atomic E-state index is 11.8. The SMILES string of the molecule is CCCNC(=NCC(=O)N(C)C)N1CCC2(CCCCC2)C1.I. The Balaban J connectivity index is 0.00000264. The number of halogens is 1. The van der Waals surface area contributed by atoms with Crippen molar-refractivity contribution < 1.29 is 4.79 Å². The predicted octanol–water partition coefficient (Wildman–Crippen LogP) is 2.70. The van der Waals surface area contributed by atoms with Gasteiger partial charge in [-0.1, -0.05) is 26.2 Å². The minimum atomic E-state index is 0. The molecule has 0 unspecified atom stereocenters. The van der Waals surface area contributed by atoms with Crippen molar-refractivity contribution in [2.75, 3.05) is 40.3 Å². The summed E-state index contributed by atoms with van der Waals surface area (Å²) in [5, 5.41) is 3.43. The van der Waals surface area contributed by atoms with Gasteiger partial charge in [0.15, 0.2) is 5.96 Å². The van der Waals surface area contributed by atoms with Crippen molar-refractivity contribution in [3.8, 4) is 0 Å². The molecule has 0 atom stereocenters. The maximum Gasteiger partial charge on any atom is 0.243 e. The van der Waals surface area contributed by atoms with Crippen molar-refractivity contribution >= 4 is 35.8 Å². The maximum absolute atomic E-state index is 11.8. The second-order valence-electron chi connectivity index (χ2n) is 7.09. The van der Waals surface area contributed by atoms with Crippen LogP contribution in [-0.4, -0.2) is 61.9 Å². The fraction of sp³-hybridized carbons (Fsp3) is 0.882. The van der Waals surface area contributed by atoms with Crippen molar-refractivity contribution in [3.05, 3.63) is 0 Å². The normalized spacial score (nSPS) is 20.3. The number of rotatable bonds is 4. The predicted molar refractivity (Wildman–Crippen MR) is 106 cm³/mol. The van der Waals surface area contributed by atoms with Crippen molar-refractivity contribution in [1.82, 2.24) is 15.1 Å². The molecule has 1 saturated carbocycles. The third kappa shape index (κ3) is 5.80. The van der Waals surface area contributed by atoms with Gasteiger partial charge in [-0.15, -0.1) is 24.0 Å². The number of aliphatic imine (C=N–C) groups is 1. The molecule has 6 heteroatoms. The average Bonchev–Trinajstić information content (AvgIpc) is 2.91. The Morgan fingerprint density at radius 2 is 1.91 bits per heavy atom. The van der Waals surface area contributed by atoms with Crippen LogP contribution in [0.2, 0.25) is 0 Å². The van der Waals surface area contributed by atoms with Gasteiger partial charge in [-0.3, -0.25) is 4.79 Å². The molecule has 2 aliphatic rings. The van der Waals surface area contributed by atoms with E-state index in [0.29, 0.717) is 5.41 Å². The Morgan fingerprint density at radius 3 is 2.52 bits per heavy atom. The summed E-state index contributed by atoms with van der Waals surface area (Å²) < 4.78 is 0. The smallest absolute Gasteiger partial charge is 0.243 e. The summed E-state index contributed by atoms with van der Waals surface area (Å²) in [7, 11) is 3.56. The summed E-state index contributed by atoms with van der Waals surface area (Å²) in [6.07, 6.45) is 9.22. The lowest BCUT2D eigenvalue weighted by molar-refractivity contribution is -0.127. The van der Waals surface area contributed by atoms with E-state index >= 15 is 0 Å². The number of carbonyl (C=O) groups is 1. The molecule has 2 fully saturated rings. The van der Waals surface area contributed by atoms with E-state index in [-0.39, 0.29) is 36.4 Å². The van der Waals surface area contributed by atoms with Crippen LogP contribution in [0.25, 0.3) is 0 Å². The zero-order valence-corrected chi connectivity index (χ0v) is 17.3. The molecule has 0 radical (unpaired) electrons. The molecule has 2 rings (SSSR count). The Morgan fingerprint density at radius 1 is 1.22 bits per heavy atom. The number of likely N-dealkylation sites (tertiary alicyclic amines) is 1. The van der Waals surface area contributed by atoms with E-state index in [1.807, 2.05) is 0 Å². The van der Waals surface area contributed by atoms with E-state index < -0.39 is 0 Å². The van der Waals surface area contributed by atoms with Gasteiger partial charge in [0.25, 0.3) is 0 Å². The van der Waals surface area contributed by atoms with Crippen LogP contribution in [0, 0.1) is 5.41 Å². The highest BCUT2D eigenvalue weighted by atomic mass is 127. The first-order valence-electron chi connectivity index (χ1n) is 8.80. The second-order valence-corrected chi connectivity index (χ2v) is 7.09. The Bertz CT molecular complexity index is 405. The minimum Gasteiger partial charge on any atom is -0.356 e. The largest absolute Gasteiger partial charge is 0.356 e. The Kier molecular flexibility index (Phi) is 8.64. The van der Waals surface area contributed by atoms with Crippen LogP contribution in [0.3, 0.4) is 0 Å². The van der Waals surface area contributed by atoms with E-state index in [1.165, 1.54) is 38.5 Å². The third-order valence-corrected chi connectivity index (χ3v) is 5.05. The first-order valence-corrected chi connectivity index (χ1v) is 8.80. The molecule has 0 aromatic carbocycles. The lowest BCUT2D eigenvalue weighted by atomic mass is 9.73. The summed E-state index contributed by atoms with van der Waals surface area (Å²) in [6, 6.07) is 0. The molecule has 1 aliphatic heterocycles. The number of nitrogens with one attached hydrogen (secondary N) is 1. The van der Waals surface area contributed by atoms with Gasteiger partial charge in [0.05, 0.1) is 0 Å². The Hall–Kier alpha value is -0.530. The van der Waals surface area contributed by atoms with Crippen LogP contribution in [0.1, 0.15) is 51.9 Å². The number of nitrogens with zero attached hydrogens (tertiary/aromatic N) is 3. The first-order chi connectivity index (χ1) is 10.6. The van der Waals surface area contributed by atoms with Gasteiger partial charge in [-0.05, 0) is 31.1 Å². The zero-order valence-electron chi connectivity index (χ0n) is 14.9. The topological polar surface area (TPSA) is 47.9 Å². The number of hydrogen-bond donors (Lipinski definition) is 1. The fourth-order valence-corrected chi connectivity index (χ4v) is 3.61. The van der Waals surface area contributed by atoms with Crippen LogP contribution in [0.4, 0.5) is 0 Å². The molecule has 1 amide bonds. The highest BCUT2D eigenvalue weighted by molar-refractivity contribution is 14.0. The molecular formula is C17H33IN4O. The van der Waals surface area contributed by atoms with Gasteiger partial charge in [-0.2, -0.15) is 0 Å². The van der Waals surface area contributed by atoms with Crippen LogP contribution >= 0.6 is 24.0 Å². The number of likely N-dealkylation sites (N-methyl/N-ethyl adjacent to an activating group) is 1. The summed E-state index contributed by atoms with van der Waals surface area (Å²) >= 11 is 0. The van der Waals surface area contributed by atoms with Gasteiger partial charge in [0.1, 0.15) is 6.54 Å². The van der Waals surface area contributed by atoms with Crippen molar-refractivity contribution in [3.63, 3.8) is 0 Å². The molecule has 0 aromatic heterocycles. The molecule has 1 saturated heterocycles. The quantitative estimate of drug-likeness (QED) is 0.419. The van der Waals surface area contributed by atoms with E-state index in [0.717, 1.165) is 32.0 Å². The van der Waals surface area contributed by atoms with Crippen LogP contribution in [0.15, 0.2) is 4.99 Å². The van der Waals surface area contributed by atoms with Crippen LogP contribution in [-0.2, 0) is 4.79 Å². The number of guanidine groups is 1. The molecule has 23 heavy (non-hydrogen) atoms. The monoisotopic (exact) mass is 436 g/mol. The van der Waals surface area contributed by atoms with Crippen LogP contribution in [0.5, 0.6) is 0 Å². The van der Waals surface area contributed by atoms with Crippen molar-refractivity contribution in [2.45, 2.75) is 51.9 Å². The molecule has 1 spiro atoms. The van der Waals surface area contributed by atoms with Gasteiger partial charge in [0, 0.05) is 33.7 Å². The highest BCUT2D eigenvalue weighted by Gasteiger charge is 2.39. The van der Waals surface area contributed by atoms with Crippen molar-refractivity contribution in [1.29, 1.82) is 0 Å². The lowest BCUT2D eigenvalue weighted by Crippen LogP contribution is -2.42. The van der Waals surface area contributed by atoms with Gasteiger partial charge >= 0.3 is 0 Å². The van der Waals surface area contributed by atoms with Crippen molar-refractivity contribution in [2.24, 2.45) is 10.4 Å². The molecule has 1 heterocycles. The first kappa shape index (κ1) is 20.5. The van der Waals surface area contributed by atoms with Crippen LogP contribution < -0.4 is 5.32 Å². The molecule has 1 aliphatic carbocycles. The Labute approximate surface area is 158 Å². The van der Waals surface area contributed by atoms with E-state index in [1.54, 1.807) is 19.0 Å². The van der Waals surface area contributed by atoms with E-state index in [4.69, 9.17) is 0 Å². The van der Waals surface area contributed by atoms with Gasteiger partial charge in [0.2, 0.25) is 5.91 Å². The van der Waals surface area contributed by atoms with E-state index in [2.05, 4.69) is 22.1 Å².